The second-order valence-electron chi connectivity index (χ2n) is 9.52. The summed E-state index contributed by atoms with van der Waals surface area (Å²) in [7, 11) is 0. The number of hydrogen-bond donors (Lipinski definition) is 0. The molecule has 3 aromatic carbocycles. The Hall–Kier alpha value is -4.06. The second-order valence-corrected chi connectivity index (χ2v) is 9.52. The lowest BCUT2D eigenvalue weighted by molar-refractivity contribution is -0.138. The van der Waals surface area contributed by atoms with Crippen LogP contribution in [0.5, 0.6) is 11.5 Å². The van der Waals surface area contributed by atoms with Crippen molar-refractivity contribution in [2.75, 3.05) is 26.2 Å². The first kappa shape index (κ1) is 24.6. The number of benzene rings is 3. The molecule has 0 N–H and O–H groups in total. The predicted molar refractivity (Wildman–Crippen MR) is 146 cm³/mol. The quantitative estimate of drug-likeness (QED) is 0.332. The molecule has 4 aromatic rings. The van der Waals surface area contributed by atoms with E-state index in [2.05, 4.69) is 54.1 Å². The number of rotatable bonds is 7. The van der Waals surface area contributed by atoms with Crippen LogP contribution in [0.1, 0.15) is 37.3 Å². The van der Waals surface area contributed by atoms with Crippen molar-refractivity contribution in [2.24, 2.45) is 0 Å². The Labute approximate surface area is 218 Å². The van der Waals surface area contributed by atoms with E-state index in [1.165, 1.54) is 5.52 Å². The van der Waals surface area contributed by atoms with Gasteiger partial charge in [0.2, 0.25) is 11.8 Å². The highest BCUT2D eigenvalue weighted by Crippen LogP contribution is 2.37. The van der Waals surface area contributed by atoms with Gasteiger partial charge in [0.15, 0.2) is 0 Å². The van der Waals surface area contributed by atoms with E-state index in [1.807, 2.05) is 47.4 Å². The Morgan fingerprint density at radius 1 is 0.838 bits per heavy atom. The fraction of sp³-hybridized carbons (Fsp3) is 0.290. The van der Waals surface area contributed by atoms with Crippen molar-refractivity contribution >= 4 is 22.7 Å². The predicted octanol–water partition coefficient (Wildman–Crippen LogP) is 5.67. The van der Waals surface area contributed by atoms with Gasteiger partial charge in [-0.1, -0.05) is 48.5 Å². The van der Waals surface area contributed by atoms with Gasteiger partial charge < -0.3 is 19.1 Å². The Balaban J connectivity index is 1.49. The zero-order valence-corrected chi connectivity index (χ0v) is 21.5. The van der Waals surface area contributed by atoms with Crippen LogP contribution >= 0.6 is 0 Å². The smallest absolute Gasteiger partial charge is 0.223 e. The van der Waals surface area contributed by atoms with Crippen LogP contribution in [0.2, 0.25) is 0 Å². The number of carbonyl (C=O) groups is 2. The van der Waals surface area contributed by atoms with Crippen LogP contribution < -0.4 is 4.74 Å². The molecule has 1 unspecified atom stereocenters. The van der Waals surface area contributed by atoms with Crippen molar-refractivity contribution in [1.29, 1.82) is 0 Å². The minimum atomic E-state index is -0.129. The van der Waals surface area contributed by atoms with E-state index in [4.69, 9.17) is 4.74 Å². The summed E-state index contributed by atoms with van der Waals surface area (Å²) in [6.07, 6.45) is 2.55. The summed E-state index contributed by atoms with van der Waals surface area (Å²) in [5, 5.41) is 1.16. The zero-order chi connectivity index (χ0) is 25.8. The lowest BCUT2D eigenvalue weighted by Gasteiger charge is -2.35. The highest BCUT2D eigenvalue weighted by molar-refractivity contribution is 5.87. The number of fused-ring (bicyclic) bond motifs is 1. The van der Waals surface area contributed by atoms with Gasteiger partial charge >= 0.3 is 0 Å². The van der Waals surface area contributed by atoms with E-state index >= 15 is 0 Å². The lowest BCUT2D eigenvalue weighted by atomic mass is 9.87. The highest BCUT2D eigenvalue weighted by Gasteiger charge is 2.28. The fourth-order valence-corrected chi connectivity index (χ4v) is 5.22. The Morgan fingerprint density at radius 2 is 1.51 bits per heavy atom. The molecule has 6 nitrogen and oxygen atoms in total. The summed E-state index contributed by atoms with van der Waals surface area (Å²) >= 11 is 0. The number of amides is 2. The number of aromatic nitrogens is 1. The first-order chi connectivity index (χ1) is 18.0. The molecule has 1 atom stereocenters. The maximum Gasteiger partial charge on any atom is 0.223 e. The average molecular weight is 496 g/mol. The molecular formula is C31H33N3O3. The molecule has 1 aromatic heterocycles. The molecule has 1 saturated heterocycles. The van der Waals surface area contributed by atoms with Gasteiger partial charge in [-0.15, -0.1) is 0 Å². The van der Waals surface area contributed by atoms with Gasteiger partial charge in [0.25, 0.3) is 0 Å². The van der Waals surface area contributed by atoms with Crippen molar-refractivity contribution in [2.45, 2.75) is 32.7 Å². The molecule has 1 aliphatic rings. The Kier molecular flexibility index (Phi) is 7.26. The first-order valence-corrected chi connectivity index (χ1v) is 13.0. The maximum absolute atomic E-state index is 13.6. The molecule has 0 saturated carbocycles. The fourth-order valence-electron chi connectivity index (χ4n) is 5.22. The summed E-state index contributed by atoms with van der Waals surface area (Å²) < 4.78 is 8.38. The van der Waals surface area contributed by atoms with Crippen LogP contribution in [0, 0.1) is 0 Å². The molecule has 1 fully saturated rings. The van der Waals surface area contributed by atoms with Gasteiger partial charge in [-0.05, 0) is 48.4 Å². The van der Waals surface area contributed by atoms with E-state index in [-0.39, 0.29) is 17.7 Å². The molecular weight excluding hydrogens is 462 g/mol. The van der Waals surface area contributed by atoms with Gasteiger partial charge in [0.1, 0.15) is 11.5 Å². The van der Waals surface area contributed by atoms with Crippen molar-refractivity contribution in [1.82, 2.24) is 14.4 Å². The Bertz CT molecular complexity index is 1390. The van der Waals surface area contributed by atoms with E-state index in [1.54, 1.807) is 11.8 Å². The van der Waals surface area contributed by atoms with Crippen molar-refractivity contribution in [3.63, 3.8) is 0 Å². The standard InChI is InChI=1S/C31H33N3O3/c1-3-32-22-29(27-14-7-8-15-30(27)32)28(21-31(36)34-18-16-33(17-19-34)23(2)35)24-10-9-13-26(20-24)37-25-11-5-4-6-12-25/h4-15,20,22,28H,3,16-19,21H2,1-2H3. The number of aryl methyl sites for hydroxylation is 1. The molecule has 2 amide bonds. The van der Waals surface area contributed by atoms with Crippen LogP contribution in [-0.2, 0) is 16.1 Å². The molecule has 5 rings (SSSR count). The molecule has 0 aliphatic carbocycles. The monoisotopic (exact) mass is 495 g/mol. The third-order valence-electron chi connectivity index (χ3n) is 7.23. The van der Waals surface area contributed by atoms with Crippen molar-refractivity contribution < 1.29 is 14.3 Å². The number of hydrogen-bond acceptors (Lipinski definition) is 3. The molecule has 37 heavy (non-hydrogen) atoms. The van der Waals surface area contributed by atoms with E-state index < -0.39 is 0 Å². The van der Waals surface area contributed by atoms with Gasteiger partial charge in [-0.2, -0.15) is 0 Å². The summed E-state index contributed by atoms with van der Waals surface area (Å²) in [6, 6.07) is 26.2. The second kappa shape index (κ2) is 10.9. The molecule has 1 aliphatic heterocycles. The van der Waals surface area contributed by atoms with Crippen LogP contribution in [0.3, 0.4) is 0 Å². The summed E-state index contributed by atoms with van der Waals surface area (Å²) in [4.78, 5) is 29.1. The Morgan fingerprint density at radius 3 is 2.24 bits per heavy atom. The molecule has 190 valence electrons. The van der Waals surface area contributed by atoms with Gasteiger partial charge in [0.05, 0.1) is 0 Å². The molecule has 0 bridgehead atoms. The molecule has 6 heteroatoms. The molecule has 2 heterocycles. The van der Waals surface area contributed by atoms with Crippen molar-refractivity contribution in [3.8, 4) is 11.5 Å². The number of carbonyl (C=O) groups excluding carboxylic acids is 2. The normalized spacial score (nSPS) is 14.5. The SMILES string of the molecule is CCn1cc(C(CC(=O)N2CCN(C(C)=O)CC2)c2cccc(Oc3ccccc3)c2)c2ccccc21. The summed E-state index contributed by atoms with van der Waals surface area (Å²) in [5.74, 6) is 1.56. The minimum Gasteiger partial charge on any atom is -0.457 e. The minimum absolute atomic E-state index is 0.0626. The topological polar surface area (TPSA) is 54.8 Å². The molecule has 0 spiro atoms. The van der Waals surface area contributed by atoms with Crippen LogP contribution in [0.25, 0.3) is 10.9 Å². The average Bonchev–Trinajstić information content (AvgIpc) is 3.31. The van der Waals surface area contributed by atoms with E-state index in [0.29, 0.717) is 32.6 Å². The number of nitrogens with zero attached hydrogens (tertiary/aromatic N) is 3. The first-order valence-electron chi connectivity index (χ1n) is 13.0. The number of ether oxygens (including phenoxy) is 1. The largest absolute Gasteiger partial charge is 0.457 e. The third-order valence-corrected chi connectivity index (χ3v) is 7.23. The number of piperazine rings is 1. The lowest BCUT2D eigenvalue weighted by Crippen LogP contribution is -2.50. The third kappa shape index (κ3) is 5.38. The van der Waals surface area contributed by atoms with Crippen LogP contribution in [0.15, 0.2) is 85.1 Å². The van der Waals surface area contributed by atoms with E-state index in [9.17, 15) is 9.59 Å². The summed E-state index contributed by atoms with van der Waals surface area (Å²) in [6.45, 7) is 6.88. The van der Waals surface area contributed by atoms with Crippen molar-refractivity contribution in [3.05, 3.63) is 96.2 Å². The van der Waals surface area contributed by atoms with Crippen LogP contribution in [-0.4, -0.2) is 52.4 Å². The van der Waals surface area contributed by atoms with E-state index in [0.717, 1.165) is 34.6 Å². The van der Waals surface area contributed by atoms with Gasteiger partial charge in [0, 0.05) is 69.1 Å². The van der Waals surface area contributed by atoms with Gasteiger partial charge in [-0.25, -0.2) is 0 Å². The molecule has 0 radical (unpaired) electrons. The number of para-hydroxylation sites is 2. The zero-order valence-electron chi connectivity index (χ0n) is 21.5. The van der Waals surface area contributed by atoms with Crippen LogP contribution in [0.4, 0.5) is 0 Å². The van der Waals surface area contributed by atoms with Gasteiger partial charge in [-0.3, -0.25) is 9.59 Å². The highest BCUT2D eigenvalue weighted by atomic mass is 16.5. The maximum atomic E-state index is 13.6. The summed E-state index contributed by atoms with van der Waals surface area (Å²) in [5.41, 5.74) is 3.36.